The molecule has 0 bridgehead atoms. The number of hydrogen-bond donors (Lipinski definition) is 2. The molecule has 2 N–H and O–H groups in total. The second-order valence-corrected chi connectivity index (χ2v) is 8.52. The van der Waals surface area contributed by atoms with E-state index < -0.39 is 11.5 Å². The van der Waals surface area contributed by atoms with Crippen LogP contribution in [0.4, 0.5) is 4.79 Å². The van der Waals surface area contributed by atoms with E-state index in [4.69, 9.17) is 5.11 Å². The minimum absolute atomic E-state index is 0.0512. The van der Waals surface area contributed by atoms with Crippen molar-refractivity contribution in [2.24, 2.45) is 5.41 Å². The molecule has 5 nitrogen and oxygen atoms in total. The molecule has 0 aliphatic heterocycles. The van der Waals surface area contributed by atoms with E-state index in [1.165, 1.54) is 0 Å². The SMILES string of the molecule is CC(C)(C)CC(C)(C)NC(=O)N(CCC(=O)O)C(C)(C)C. The minimum Gasteiger partial charge on any atom is -0.481 e. The lowest BCUT2D eigenvalue weighted by Gasteiger charge is -2.40. The lowest BCUT2D eigenvalue weighted by Crippen LogP contribution is -2.56. The van der Waals surface area contributed by atoms with Crippen molar-refractivity contribution in [1.29, 1.82) is 0 Å². The molecule has 0 rings (SSSR count). The zero-order valence-corrected chi connectivity index (χ0v) is 14.8. The average Bonchev–Trinajstić information content (AvgIpc) is 2.08. The summed E-state index contributed by atoms with van der Waals surface area (Å²) in [6.07, 6.45) is 0.785. The van der Waals surface area contributed by atoms with Crippen LogP contribution < -0.4 is 5.32 Å². The predicted molar refractivity (Wildman–Crippen MR) is 85.4 cm³/mol. The third kappa shape index (κ3) is 8.58. The van der Waals surface area contributed by atoms with Gasteiger partial charge in [-0.25, -0.2) is 4.79 Å². The molecular formula is C16H32N2O3. The number of carbonyl (C=O) groups is 2. The Kier molecular flexibility index (Phi) is 6.27. The maximum atomic E-state index is 12.5. The van der Waals surface area contributed by atoms with E-state index in [0.717, 1.165) is 6.42 Å². The smallest absolute Gasteiger partial charge is 0.318 e. The first kappa shape index (κ1) is 19.7. The molecule has 124 valence electrons. The third-order valence-corrected chi connectivity index (χ3v) is 3.02. The Morgan fingerprint density at radius 1 is 1.00 bits per heavy atom. The summed E-state index contributed by atoms with van der Waals surface area (Å²) < 4.78 is 0. The Hall–Kier alpha value is -1.26. The second-order valence-electron chi connectivity index (χ2n) is 8.52. The monoisotopic (exact) mass is 300 g/mol. The number of nitrogens with one attached hydrogen (secondary N) is 1. The molecule has 0 saturated carbocycles. The van der Waals surface area contributed by atoms with Crippen LogP contribution in [0.2, 0.25) is 0 Å². The van der Waals surface area contributed by atoms with E-state index in [1.54, 1.807) is 4.90 Å². The zero-order valence-electron chi connectivity index (χ0n) is 14.8. The minimum atomic E-state index is -0.897. The molecule has 5 heteroatoms. The zero-order chi connectivity index (χ0) is 17.1. The molecule has 0 aromatic heterocycles. The maximum absolute atomic E-state index is 12.5. The molecule has 0 atom stereocenters. The van der Waals surface area contributed by atoms with Crippen molar-refractivity contribution in [2.45, 2.75) is 79.3 Å². The summed E-state index contributed by atoms with van der Waals surface area (Å²) in [4.78, 5) is 24.9. The van der Waals surface area contributed by atoms with E-state index in [0.29, 0.717) is 0 Å². The number of carboxylic acids is 1. The van der Waals surface area contributed by atoms with Crippen molar-refractivity contribution in [2.75, 3.05) is 6.54 Å². The number of carbonyl (C=O) groups excluding carboxylic acids is 1. The summed E-state index contributed by atoms with van der Waals surface area (Å²) in [5, 5.41) is 11.9. The van der Waals surface area contributed by atoms with Gasteiger partial charge in [0, 0.05) is 17.6 Å². The normalized spacial score (nSPS) is 13.0. The largest absolute Gasteiger partial charge is 0.481 e. The van der Waals surface area contributed by atoms with Gasteiger partial charge in [-0.2, -0.15) is 0 Å². The lowest BCUT2D eigenvalue weighted by molar-refractivity contribution is -0.137. The second kappa shape index (κ2) is 6.67. The quantitative estimate of drug-likeness (QED) is 0.816. The van der Waals surface area contributed by atoms with Crippen LogP contribution in [-0.2, 0) is 4.79 Å². The maximum Gasteiger partial charge on any atom is 0.318 e. The number of urea groups is 1. The van der Waals surface area contributed by atoms with Gasteiger partial charge in [0.15, 0.2) is 0 Å². The molecule has 0 fully saturated rings. The summed E-state index contributed by atoms with van der Waals surface area (Å²) >= 11 is 0. The number of hydrogen-bond acceptors (Lipinski definition) is 2. The fourth-order valence-corrected chi connectivity index (χ4v) is 2.68. The van der Waals surface area contributed by atoms with Crippen molar-refractivity contribution in [1.82, 2.24) is 10.2 Å². The number of nitrogens with zero attached hydrogens (tertiary/aromatic N) is 1. The number of aliphatic carboxylic acids is 1. The molecular weight excluding hydrogens is 268 g/mol. The Balaban J connectivity index is 4.93. The van der Waals surface area contributed by atoms with Crippen LogP contribution in [0.3, 0.4) is 0 Å². The highest BCUT2D eigenvalue weighted by atomic mass is 16.4. The van der Waals surface area contributed by atoms with E-state index >= 15 is 0 Å². The topological polar surface area (TPSA) is 69.6 Å². The Morgan fingerprint density at radius 2 is 1.48 bits per heavy atom. The van der Waals surface area contributed by atoms with Crippen molar-refractivity contribution < 1.29 is 14.7 Å². The van der Waals surface area contributed by atoms with Gasteiger partial charge in [-0.15, -0.1) is 0 Å². The molecule has 0 unspecified atom stereocenters. The third-order valence-electron chi connectivity index (χ3n) is 3.02. The van der Waals surface area contributed by atoms with Crippen molar-refractivity contribution in [3.63, 3.8) is 0 Å². The van der Waals surface area contributed by atoms with E-state index in [-0.39, 0.29) is 30.0 Å². The van der Waals surface area contributed by atoms with Crippen molar-refractivity contribution in [3.05, 3.63) is 0 Å². The molecule has 0 saturated heterocycles. The molecule has 0 spiro atoms. The summed E-state index contributed by atoms with van der Waals surface area (Å²) in [6.45, 7) is 16.3. The fourth-order valence-electron chi connectivity index (χ4n) is 2.68. The number of carboxylic acid groups (broad SMARTS) is 1. The highest BCUT2D eigenvalue weighted by Gasteiger charge is 2.32. The molecule has 0 heterocycles. The van der Waals surface area contributed by atoms with Crippen LogP contribution in [0.15, 0.2) is 0 Å². The lowest BCUT2D eigenvalue weighted by atomic mass is 9.82. The Labute approximate surface area is 129 Å². The van der Waals surface area contributed by atoms with Gasteiger partial charge >= 0.3 is 12.0 Å². The van der Waals surface area contributed by atoms with Gasteiger partial charge in [-0.05, 0) is 46.5 Å². The molecule has 0 aliphatic carbocycles. The van der Waals surface area contributed by atoms with Gasteiger partial charge in [-0.3, -0.25) is 4.79 Å². The summed E-state index contributed by atoms with van der Waals surface area (Å²) in [5.41, 5.74) is -0.663. The van der Waals surface area contributed by atoms with Gasteiger partial charge < -0.3 is 15.3 Å². The molecule has 0 aromatic carbocycles. The van der Waals surface area contributed by atoms with Gasteiger partial charge in [0.1, 0.15) is 0 Å². The molecule has 0 radical (unpaired) electrons. The highest BCUT2D eigenvalue weighted by molar-refractivity contribution is 5.76. The van der Waals surface area contributed by atoms with Crippen LogP contribution in [0.1, 0.15) is 68.2 Å². The fraction of sp³-hybridized carbons (Fsp3) is 0.875. The molecule has 0 aromatic rings. The Bertz CT molecular complexity index is 376. The van der Waals surface area contributed by atoms with E-state index in [9.17, 15) is 9.59 Å². The van der Waals surface area contributed by atoms with E-state index in [2.05, 4.69) is 26.1 Å². The first-order valence-corrected chi connectivity index (χ1v) is 7.46. The number of rotatable bonds is 5. The molecule has 21 heavy (non-hydrogen) atoms. The first-order valence-electron chi connectivity index (χ1n) is 7.46. The first-order chi connectivity index (χ1) is 9.14. The van der Waals surface area contributed by atoms with Gasteiger partial charge in [0.05, 0.1) is 6.42 Å². The van der Waals surface area contributed by atoms with Crippen molar-refractivity contribution >= 4 is 12.0 Å². The van der Waals surface area contributed by atoms with Gasteiger partial charge in [0.2, 0.25) is 0 Å². The highest BCUT2D eigenvalue weighted by Crippen LogP contribution is 2.27. The van der Waals surface area contributed by atoms with Gasteiger partial charge in [0.25, 0.3) is 0 Å². The molecule has 2 amide bonds. The van der Waals surface area contributed by atoms with Crippen LogP contribution in [-0.4, -0.2) is 39.6 Å². The average molecular weight is 300 g/mol. The van der Waals surface area contributed by atoms with Crippen molar-refractivity contribution in [3.8, 4) is 0 Å². The Morgan fingerprint density at radius 3 is 1.81 bits per heavy atom. The predicted octanol–water partition coefficient (Wildman–Crippen LogP) is 3.49. The van der Waals surface area contributed by atoms with Gasteiger partial charge in [-0.1, -0.05) is 20.8 Å². The summed E-state index contributed by atoms with van der Waals surface area (Å²) in [6, 6.07) is -0.210. The summed E-state index contributed by atoms with van der Waals surface area (Å²) in [5.74, 6) is -0.897. The molecule has 0 aliphatic rings. The van der Waals surface area contributed by atoms with Crippen LogP contribution in [0.25, 0.3) is 0 Å². The number of amides is 2. The van der Waals surface area contributed by atoms with Crippen LogP contribution in [0, 0.1) is 5.41 Å². The standard InChI is InChI=1S/C16H32N2O3/c1-14(2,3)11-16(7,8)17-13(21)18(15(4,5)6)10-9-12(19)20/h9-11H2,1-8H3,(H,17,21)(H,19,20). The van der Waals surface area contributed by atoms with E-state index in [1.807, 2.05) is 34.6 Å². The summed E-state index contributed by atoms with van der Waals surface area (Å²) in [7, 11) is 0. The van der Waals surface area contributed by atoms with Crippen LogP contribution in [0.5, 0.6) is 0 Å². The van der Waals surface area contributed by atoms with Crippen LogP contribution >= 0.6 is 0 Å².